The van der Waals surface area contributed by atoms with Gasteiger partial charge in [0, 0.05) is 5.56 Å². The molecule has 1 aromatic carbocycles. The summed E-state index contributed by atoms with van der Waals surface area (Å²) >= 11 is 3.25. The fraction of sp³-hybridized carbons (Fsp3) is 0.385. The summed E-state index contributed by atoms with van der Waals surface area (Å²) in [5.41, 5.74) is 0.818. The maximum atomic E-state index is 11.4. The fourth-order valence-electron chi connectivity index (χ4n) is 1.57. The van der Waals surface area contributed by atoms with Gasteiger partial charge in [0.25, 0.3) is 0 Å². The van der Waals surface area contributed by atoms with E-state index in [0.29, 0.717) is 17.9 Å². The van der Waals surface area contributed by atoms with E-state index in [1.54, 1.807) is 13.0 Å². The predicted octanol–water partition coefficient (Wildman–Crippen LogP) is 2.23. The topological polar surface area (TPSA) is 83.8 Å². The van der Waals surface area contributed by atoms with Crippen LogP contribution in [0.4, 0.5) is 0 Å². The summed E-state index contributed by atoms with van der Waals surface area (Å²) in [5.74, 6) is -1.04. The van der Waals surface area contributed by atoms with Crippen LogP contribution < -0.4 is 4.74 Å². The van der Waals surface area contributed by atoms with Crippen LogP contribution in [0, 0.1) is 0 Å². The van der Waals surface area contributed by atoms with Gasteiger partial charge in [0.05, 0.1) is 6.61 Å². The average molecular weight is 331 g/mol. The minimum Gasteiger partial charge on any atom is -0.494 e. The molecular formula is C13H15BrO5. The van der Waals surface area contributed by atoms with Crippen molar-refractivity contribution in [1.82, 2.24) is 0 Å². The Morgan fingerprint density at radius 3 is 2.53 bits per heavy atom. The van der Waals surface area contributed by atoms with Gasteiger partial charge in [-0.25, -0.2) is 4.79 Å². The number of ether oxygens (including phenoxy) is 1. The summed E-state index contributed by atoms with van der Waals surface area (Å²) < 4.78 is 5.39. The van der Waals surface area contributed by atoms with Crippen LogP contribution >= 0.6 is 15.9 Å². The minimum absolute atomic E-state index is 0.0903. The highest BCUT2D eigenvalue weighted by Crippen LogP contribution is 2.34. The molecule has 0 aliphatic rings. The highest BCUT2D eigenvalue weighted by molar-refractivity contribution is 9.09. The lowest BCUT2D eigenvalue weighted by atomic mass is 10.0. The molecule has 0 saturated heterocycles. The number of hydrogen-bond donors (Lipinski definition) is 2. The zero-order valence-electron chi connectivity index (χ0n) is 10.6. The molecule has 0 spiro atoms. The van der Waals surface area contributed by atoms with Crippen molar-refractivity contribution in [2.75, 3.05) is 6.61 Å². The number of rotatable bonds is 6. The summed E-state index contributed by atoms with van der Waals surface area (Å²) in [6.45, 7) is 3.59. The van der Waals surface area contributed by atoms with Crippen molar-refractivity contribution in [3.63, 3.8) is 0 Å². The van der Waals surface area contributed by atoms with Gasteiger partial charge in [-0.1, -0.05) is 28.1 Å². The van der Waals surface area contributed by atoms with Crippen molar-refractivity contribution in [2.24, 2.45) is 0 Å². The van der Waals surface area contributed by atoms with Crippen molar-refractivity contribution in [3.8, 4) is 5.75 Å². The number of Topliss-reactive ketones (excluding diaryl/α,β-unsaturated/α-hetero) is 1. The van der Waals surface area contributed by atoms with E-state index >= 15 is 0 Å². The Morgan fingerprint density at radius 1 is 1.42 bits per heavy atom. The second-order valence-corrected chi connectivity index (χ2v) is 4.86. The summed E-state index contributed by atoms with van der Waals surface area (Å²) in [5, 5.41) is 18.3. The van der Waals surface area contributed by atoms with Gasteiger partial charge < -0.3 is 14.9 Å². The molecule has 0 bridgehead atoms. The van der Waals surface area contributed by atoms with Crippen LogP contribution in [-0.2, 0) is 9.59 Å². The molecule has 0 fully saturated rings. The number of carboxylic acid groups (broad SMARTS) is 1. The first-order valence-electron chi connectivity index (χ1n) is 5.70. The number of ketones is 1. The molecule has 2 N–H and O–H groups in total. The molecule has 0 heterocycles. The van der Waals surface area contributed by atoms with Gasteiger partial charge in [-0.15, -0.1) is 0 Å². The van der Waals surface area contributed by atoms with Crippen LogP contribution in [0.5, 0.6) is 5.75 Å². The molecule has 104 valence electrons. The summed E-state index contributed by atoms with van der Waals surface area (Å²) in [6, 6.07) is 4.48. The molecule has 0 amide bonds. The first-order chi connectivity index (χ1) is 8.88. The van der Waals surface area contributed by atoms with E-state index in [2.05, 4.69) is 15.9 Å². The highest BCUT2D eigenvalue weighted by Gasteiger charge is 2.22. The Morgan fingerprint density at radius 2 is 2.05 bits per heavy atom. The number of aliphatic hydroxyl groups excluding tert-OH is 1. The van der Waals surface area contributed by atoms with Gasteiger partial charge in [-0.05, 0) is 25.5 Å². The number of aliphatic carboxylic acids is 1. The first-order valence-corrected chi connectivity index (χ1v) is 6.62. The van der Waals surface area contributed by atoms with Gasteiger partial charge >= 0.3 is 5.97 Å². The SMILES string of the molecule is CCOc1cc(C(O)C(=O)O)ccc1C(Br)C(C)=O. The fourth-order valence-corrected chi connectivity index (χ4v) is 1.95. The number of halogens is 1. The number of carbonyl (C=O) groups excluding carboxylic acids is 1. The van der Waals surface area contributed by atoms with Crippen LogP contribution in [0.2, 0.25) is 0 Å². The molecule has 0 aromatic heterocycles. The Balaban J connectivity index is 3.21. The molecular weight excluding hydrogens is 316 g/mol. The van der Waals surface area contributed by atoms with E-state index in [4.69, 9.17) is 9.84 Å². The van der Waals surface area contributed by atoms with Crippen LogP contribution in [0.3, 0.4) is 0 Å². The van der Waals surface area contributed by atoms with Gasteiger partial charge in [-0.2, -0.15) is 0 Å². The Kier molecular flexibility index (Phi) is 5.50. The summed E-state index contributed by atoms with van der Waals surface area (Å²) in [7, 11) is 0. The third kappa shape index (κ3) is 3.78. The maximum Gasteiger partial charge on any atom is 0.337 e. The van der Waals surface area contributed by atoms with Crippen molar-refractivity contribution in [1.29, 1.82) is 0 Å². The van der Waals surface area contributed by atoms with E-state index in [9.17, 15) is 14.7 Å². The van der Waals surface area contributed by atoms with Crippen LogP contribution in [0.15, 0.2) is 18.2 Å². The predicted molar refractivity (Wildman–Crippen MR) is 72.6 cm³/mol. The van der Waals surface area contributed by atoms with Gasteiger partial charge in [0.1, 0.15) is 16.4 Å². The third-order valence-corrected chi connectivity index (χ3v) is 3.66. The van der Waals surface area contributed by atoms with Crippen molar-refractivity contribution < 1.29 is 24.5 Å². The molecule has 19 heavy (non-hydrogen) atoms. The Bertz CT molecular complexity index is 486. The van der Waals surface area contributed by atoms with Gasteiger partial charge in [0.2, 0.25) is 0 Å². The first kappa shape index (κ1) is 15.7. The molecule has 2 atom stereocenters. The zero-order chi connectivity index (χ0) is 14.6. The van der Waals surface area contributed by atoms with E-state index in [0.717, 1.165) is 0 Å². The second kappa shape index (κ2) is 6.68. The third-order valence-electron chi connectivity index (χ3n) is 2.52. The van der Waals surface area contributed by atoms with Crippen molar-refractivity contribution >= 4 is 27.7 Å². The molecule has 5 nitrogen and oxygen atoms in total. The number of carboxylic acids is 1. The van der Waals surface area contributed by atoms with E-state index < -0.39 is 16.9 Å². The summed E-state index contributed by atoms with van der Waals surface area (Å²) in [4.78, 5) is 21.6. The molecule has 1 aromatic rings. The van der Waals surface area contributed by atoms with E-state index in [-0.39, 0.29) is 11.3 Å². The van der Waals surface area contributed by atoms with Crippen LogP contribution in [-0.4, -0.2) is 28.6 Å². The van der Waals surface area contributed by atoms with Crippen molar-refractivity contribution in [2.45, 2.75) is 24.8 Å². The summed E-state index contributed by atoms with van der Waals surface area (Å²) in [6.07, 6.45) is -1.61. The van der Waals surface area contributed by atoms with E-state index in [1.807, 2.05) is 0 Å². The second-order valence-electron chi connectivity index (χ2n) is 3.94. The molecule has 0 aliphatic carbocycles. The Labute approximate surface area is 119 Å². The standard InChI is InChI=1S/C13H15BrO5/c1-3-19-10-6-8(12(16)13(17)18)4-5-9(10)11(14)7(2)15/h4-6,11-12,16H,3H2,1-2H3,(H,17,18). The molecule has 0 radical (unpaired) electrons. The molecule has 1 rings (SSSR count). The van der Waals surface area contributed by atoms with Crippen molar-refractivity contribution in [3.05, 3.63) is 29.3 Å². The largest absolute Gasteiger partial charge is 0.494 e. The molecule has 0 aliphatic heterocycles. The molecule has 6 heteroatoms. The zero-order valence-corrected chi connectivity index (χ0v) is 12.2. The Hall–Kier alpha value is -1.40. The number of aliphatic hydroxyl groups is 1. The normalized spacial score (nSPS) is 13.7. The monoisotopic (exact) mass is 330 g/mol. The molecule has 2 unspecified atom stereocenters. The lowest BCUT2D eigenvalue weighted by Gasteiger charge is -2.15. The number of benzene rings is 1. The highest BCUT2D eigenvalue weighted by atomic mass is 79.9. The lowest BCUT2D eigenvalue weighted by Crippen LogP contribution is -2.12. The van der Waals surface area contributed by atoms with Crippen LogP contribution in [0.1, 0.15) is 35.9 Å². The minimum atomic E-state index is -1.61. The number of hydrogen-bond acceptors (Lipinski definition) is 4. The smallest absolute Gasteiger partial charge is 0.337 e. The molecule has 0 saturated carbocycles. The number of alkyl halides is 1. The van der Waals surface area contributed by atoms with E-state index in [1.165, 1.54) is 19.1 Å². The quantitative estimate of drug-likeness (QED) is 0.781. The van der Waals surface area contributed by atoms with Gasteiger partial charge in [0.15, 0.2) is 6.10 Å². The maximum absolute atomic E-state index is 11.4. The van der Waals surface area contributed by atoms with Crippen LogP contribution in [0.25, 0.3) is 0 Å². The average Bonchev–Trinajstić information content (AvgIpc) is 2.37. The van der Waals surface area contributed by atoms with Gasteiger partial charge in [-0.3, -0.25) is 4.79 Å². The number of carbonyl (C=O) groups is 2. The lowest BCUT2D eigenvalue weighted by molar-refractivity contribution is -0.147.